The number of nitrogens with one attached hydrogen (secondary N) is 2. The molecule has 1 aliphatic heterocycles. The molecule has 1 aliphatic rings. The molecule has 0 aromatic heterocycles. The first-order valence-electron chi connectivity index (χ1n) is 7.20. The minimum absolute atomic E-state index is 0.0905. The molecule has 0 aromatic carbocycles. The van der Waals surface area contributed by atoms with Crippen molar-refractivity contribution in [1.82, 2.24) is 15.5 Å². The van der Waals surface area contributed by atoms with E-state index in [0.717, 1.165) is 39.1 Å². The van der Waals surface area contributed by atoms with Crippen LogP contribution in [-0.2, 0) is 9.59 Å². The molecule has 1 saturated heterocycles. The standard InChI is InChI=1S/C13H26N4O2S/c1-11(18)20-12-9-13(19)17(10-12)8-7-16-5-2-4-15-6-3-14/h12,15-16H,2-10,14H2,1H3. The Bertz CT molecular complexity index is 315. The zero-order chi connectivity index (χ0) is 14.8. The van der Waals surface area contributed by atoms with Gasteiger partial charge in [0.25, 0.3) is 0 Å². The number of carbonyl (C=O) groups is 2. The molecule has 1 atom stereocenters. The second-order valence-electron chi connectivity index (χ2n) is 4.92. The van der Waals surface area contributed by atoms with E-state index in [0.29, 0.717) is 19.5 Å². The molecule has 1 amide bonds. The van der Waals surface area contributed by atoms with Gasteiger partial charge in [-0.25, -0.2) is 0 Å². The van der Waals surface area contributed by atoms with Gasteiger partial charge in [-0.05, 0) is 19.5 Å². The molecular weight excluding hydrogens is 276 g/mol. The molecule has 20 heavy (non-hydrogen) atoms. The highest BCUT2D eigenvalue weighted by Crippen LogP contribution is 2.23. The molecule has 0 aliphatic carbocycles. The summed E-state index contributed by atoms with van der Waals surface area (Å²) in [6.07, 6.45) is 1.55. The molecule has 7 heteroatoms. The maximum Gasteiger partial charge on any atom is 0.223 e. The van der Waals surface area contributed by atoms with E-state index < -0.39 is 0 Å². The Morgan fingerprint density at radius 3 is 2.70 bits per heavy atom. The van der Waals surface area contributed by atoms with E-state index in [-0.39, 0.29) is 16.3 Å². The highest BCUT2D eigenvalue weighted by atomic mass is 32.2. The summed E-state index contributed by atoms with van der Waals surface area (Å²) in [5.74, 6) is 0.162. The second-order valence-corrected chi connectivity index (χ2v) is 6.39. The normalized spacial score (nSPS) is 18.8. The first-order valence-corrected chi connectivity index (χ1v) is 8.08. The highest BCUT2D eigenvalue weighted by molar-refractivity contribution is 8.14. The Morgan fingerprint density at radius 2 is 2.05 bits per heavy atom. The minimum atomic E-state index is 0.0905. The molecule has 6 nitrogen and oxygen atoms in total. The van der Waals surface area contributed by atoms with Crippen LogP contribution in [0.4, 0.5) is 0 Å². The van der Waals surface area contributed by atoms with Crippen LogP contribution in [0.5, 0.6) is 0 Å². The van der Waals surface area contributed by atoms with Gasteiger partial charge in [0, 0.05) is 51.3 Å². The van der Waals surface area contributed by atoms with Gasteiger partial charge >= 0.3 is 0 Å². The van der Waals surface area contributed by atoms with E-state index in [1.165, 1.54) is 11.8 Å². The molecule has 0 spiro atoms. The van der Waals surface area contributed by atoms with E-state index in [2.05, 4.69) is 10.6 Å². The molecular formula is C13H26N4O2S. The fraction of sp³-hybridized carbons (Fsp3) is 0.846. The Balaban J connectivity index is 2.02. The van der Waals surface area contributed by atoms with Gasteiger partial charge in [0.1, 0.15) is 0 Å². The third-order valence-electron chi connectivity index (χ3n) is 3.10. The van der Waals surface area contributed by atoms with Crippen molar-refractivity contribution in [2.75, 3.05) is 45.8 Å². The van der Waals surface area contributed by atoms with Crippen LogP contribution in [0.2, 0.25) is 0 Å². The molecule has 0 saturated carbocycles. The summed E-state index contributed by atoms with van der Waals surface area (Å²) in [5.41, 5.74) is 5.38. The number of hydrogen-bond acceptors (Lipinski definition) is 6. The Morgan fingerprint density at radius 1 is 1.35 bits per heavy atom. The lowest BCUT2D eigenvalue weighted by molar-refractivity contribution is -0.127. The molecule has 0 bridgehead atoms. The second kappa shape index (κ2) is 10.1. The Hall–Kier alpha value is -0.630. The number of nitrogens with zero attached hydrogens (tertiary/aromatic N) is 1. The summed E-state index contributed by atoms with van der Waals surface area (Å²) >= 11 is 1.28. The molecule has 1 rings (SSSR count). The van der Waals surface area contributed by atoms with Crippen LogP contribution in [0.1, 0.15) is 19.8 Å². The van der Waals surface area contributed by atoms with Crippen LogP contribution in [0.3, 0.4) is 0 Å². The molecule has 0 radical (unpaired) electrons. The van der Waals surface area contributed by atoms with Gasteiger partial charge < -0.3 is 21.3 Å². The predicted octanol–water partition coefficient (Wildman–Crippen LogP) is -0.605. The maximum atomic E-state index is 11.8. The first kappa shape index (κ1) is 17.4. The number of thioether (sulfide) groups is 1. The fourth-order valence-corrected chi connectivity index (χ4v) is 3.12. The lowest BCUT2D eigenvalue weighted by Gasteiger charge is -2.16. The maximum absolute atomic E-state index is 11.8. The van der Waals surface area contributed by atoms with Crippen LogP contribution < -0.4 is 16.4 Å². The number of carbonyl (C=O) groups excluding carboxylic acids is 2. The van der Waals surface area contributed by atoms with Gasteiger partial charge in [0.2, 0.25) is 5.91 Å². The largest absolute Gasteiger partial charge is 0.340 e. The molecule has 4 N–H and O–H groups in total. The Kier molecular flexibility index (Phi) is 8.84. The lowest BCUT2D eigenvalue weighted by atomic mass is 10.4. The molecule has 1 unspecified atom stereocenters. The number of nitrogens with two attached hydrogens (primary N) is 1. The van der Waals surface area contributed by atoms with Crippen molar-refractivity contribution in [3.05, 3.63) is 0 Å². The van der Waals surface area contributed by atoms with Crippen LogP contribution in [-0.4, -0.2) is 67.0 Å². The van der Waals surface area contributed by atoms with Crippen LogP contribution >= 0.6 is 11.8 Å². The molecule has 1 heterocycles. The van der Waals surface area contributed by atoms with Crippen LogP contribution in [0.15, 0.2) is 0 Å². The van der Waals surface area contributed by atoms with Gasteiger partial charge in [-0.2, -0.15) is 0 Å². The van der Waals surface area contributed by atoms with Gasteiger partial charge in [0.05, 0.1) is 0 Å². The lowest BCUT2D eigenvalue weighted by Crippen LogP contribution is -2.34. The summed E-state index contributed by atoms with van der Waals surface area (Å²) in [6.45, 7) is 7.21. The quantitative estimate of drug-likeness (QED) is 0.467. The Labute approximate surface area is 125 Å². The van der Waals surface area contributed by atoms with Gasteiger partial charge in [-0.3, -0.25) is 9.59 Å². The average molecular weight is 302 g/mol. The summed E-state index contributed by atoms with van der Waals surface area (Å²) in [7, 11) is 0. The van der Waals surface area contributed by atoms with Crippen molar-refractivity contribution in [1.29, 1.82) is 0 Å². The van der Waals surface area contributed by atoms with Crippen molar-refractivity contribution in [3.8, 4) is 0 Å². The summed E-state index contributed by atoms with van der Waals surface area (Å²) in [4.78, 5) is 24.6. The monoisotopic (exact) mass is 302 g/mol. The summed E-state index contributed by atoms with van der Waals surface area (Å²) in [5, 5.41) is 6.79. The number of amides is 1. The summed E-state index contributed by atoms with van der Waals surface area (Å²) in [6, 6.07) is 0. The van der Waals surface area contributed by atoms with E-state index >= 15 is 0 Å². The minimum Gasteiger partial charge on any atom is -0.340 e. The van der Waals surface area contributed by atoms with E-state index in [1.807, 2.05) is 4.90 Å². The van der Waals surface area contributed by atoms with Crippen LogP contribution in [0.25, 0.3) is 0 Å². The zero-order valence-corrected chi connectivity index (χ0v) is 13.0. The molecule has 116 valence electrons. The van der Waals surface area contributed by atoms with Crippen molar-refractivity contribution in [2.45, 2.75) is 25.0 Å². The molecule has 0 aromatic rings. The topological polar surface area (TPSA) is 87.5 Å². The van der Waals surface area contributed by atoms with Crippen LogP contribution in [0, 0.1) is 0 Å². The van der Waals surface area contributed by atoms with Gasteiger partial charge in [-0.1, -0.05) is 11.8 Å². The predicted molar refractivity (Wildman–Crippen MR) is 82.7 cm³/mol. The number of likely N-dealkylation sites (tertiary alicyclic amines) is 1. The van der Waals surface area contributed by atoms with Crippen molar-refractivity contribution >= 4 is 22.8 Å². The average Bonchev–Trinajstić information content (AvgIpc) is 2.72. The fourth-order valence-electron chi connectivity index (χ4n) is 2.17. The number of hydrogen-bond donors (Lipinski definition) is 3. The zero-order valence-electron chi connectivity index (χ0n) is 12.2. The first-order chi connectivity index (χ1) is 9.63. The van der Waals surface area contributed by atoms with Crippen molar-refractivity contribution in [2.24, 2.45) is 5.73 Å². The van der Waals surface area contributed by atoms with E-state index in [4.69, 9.17) is 5.73 Å². The molecule has 1 fully saturated rings. The highest BCUT2D eigenvalue weighted by Gasteiger charge is 2.30. The van der Waals surface area contributed by atoms with Gasteiger partial charge in [-0.15, -0.1) is 0 Å². The summed E-state index contributed by atoms with van der Waals surface area (Å²) < 4.78 is 0. The van der Waals surface area contributed by atoms with E-state index in [9.17, 15) is 9.59 Å². The van der Waals surface area contributed by atoms with Crippen molar-refractivity contribution < 1.29 is 9.59 Å². The number of rotatable bonds is 10. The van der Waals surface area contributed by atoms with Gasteiger partial charge in [0.15, 0.2) is 5.12 Å². The SMILES string of the molecule is CC(=O)SC1CC(=O)N(CCNCCCNCCN)C1. The smallest absolute Gasteiger partial charge is 0.223 e. The van der Waals surface area contributed by atoms with E-state index in [1.54, 1.807) is 6.92 Å². The van der Waals surface area contributed by atoms with Crippen molar-refractivity contribution in [3.63, 3.8) is 0 Å². The third kappa shape index (κ3) is 7.23. The third-order valence-corrected chi connectivity index (χ3v) is 4.08.